The van der Waals surface area contributed by atoms with Crippen molar-refractivity contribution >= 4 is 11.8 Å². The summed E-state index contributed by atoms with van der Waals surface area (Å²) < 4.78 is 39.2. The maximum absolute atomic E-state index is 13.1. The van der Waals surface area contributed by atoms with Crippen molar-refractivity contribution in [1.82, 2.24) is 10.2 Å². The van der Waals surface area contributed by atoms with E-state index < -0.39 is 17.8 Å². The van der Waals surface area contributed by atoms with Crippen molar-refractivity contribution in [2.45, 2.75) is 44.3 Å². The second-order valence-electron chi connectivity index (χ2n) is 7.16. The summed E-state index contributed by atoms with van der Waals surface area (Å²) in [4.78, 5) is 26.0. The smallest absolute Gasteiger partial charge is 0.347 e. The molecule has 0 radical (unpaired) electrons. The van der Waals surface area contributed by atoms with E-state index in [1.807, 2.05) is 12.2 Å². The van der Waals surface area contributed by atoms with Crippen LogP contribution in [-0.4, -0.2) is 29.8 Å². The number of carbonyl (C=O) groups excluding carboxylic acids is 2. The van der Waals surface area contributed by atoms with E-state index in [9.17, 15) is 22.8 Å². The Labute approximate surface area is 156 Å². The summed E-state index contributed by atoms with van der Waals surface area (Å²) in [5, 5.41) is 2.85. The molecule has 0 bridgehead atoms. The van der Waals surface area contributed by atoms with Crippen molar-refractivity contribution in [2.75, 3.05) is 13.1 Å². The molecule has 2 atom stereocenters. The molecule has 0 unspecified atom stereocenters. The first-order chi connectivity index (χ1) is 12.8. The summed E-state index contributed by atoms with van der Waals surface area (Å²) in [5.41, 5.74) is -0.398. The third-order valence-corrected chi connectivity index (χ3v) is 5.09. The van der Waals surface area contributed by atoms with E-state index in [2.05, 4.69) is 5.32 Å². The van der Waals surface area contributed by atoms with Gasteiger partial charge < -0.3 is 10.2 Å². The Balaban J connectivity index is 1.77. The van der Waals surface area contributed by atoms with Crippen LogP contribution in [-0.2, 0) is 15.8 Å². The van der Waals surface area contributed by atoms with Gasteiger partial charge in [-0.05, 0) is 42.9 Å². The molecule has 0 spiro atoms. The average molecular weight is 380 g/mol. The lowest BCUT2D eigenvalue weighted by atomic mass is 10.0. The molecule has 0 aromatic heterocycles. The summed E-state index contributed by atoms with van der Waals surface area (Å²) in [6.07, 6.45) is 2.91. The number of benzene rings is 1. The van der Waals surface area contributed by atoms with Gasteiger partial charge in [-0.2, -0.15) is 13.2 Å². The lowest BCUT2D eigenvalue weighted by Crippen LogP contribution is -2.39. The second-order valence-corrected chi connectivity index (χ2v) is 7.16. The van der Waals surface area contributed by atoms with Gasteiger partial charge in [-0.1, -0.05) is 24.3 Å². The van der Waals surface area contributed by atoms with Crippen LogP contribution in [0.25, 0.3) is 0 Å². The van der Waals surface area contributed by atoms with Gasteiger partial charge >= 0.3 is 6.18 Å². The zero-order chi connectivity index (χ0) is 19.4. The number of nitrogens with one attached hydrogen (secondary N) is 1. The van der Waals surface area contributed by atoms with Crippen LogP contribution in [0, 0.1) is 5.92 Å². The first-order valence-electron chi connectivity index (χ1n) is 9.24. The van der Waals surface area contributed by atoms with Crippen LogP contribution in [0.2, 0.25) is 0 Å². The highest BCUT2D eigenvalue weighted by atomic mass is 19.4. The molecule has 1 N–H and O–H groups in total. The highest BCUT2D eigenvalue weighted by Crippen LogP contribution is 2.31. The first kappa shape index (κ1) is 19.5. The van der Waals surface area contributed by atoms with Crippen molar-refractivity contribution < 1.29 is 22.8 Å². The van der Waals surface area contributed by atoms with Gasteiger partial charge in [-0.25, -0.2) is 0 Å². The molecule has 1 fully saturated rings. The lowest BCUT2D eigenvalue weighted by Gasteiger charge is -2.26. The second kappa shape index (κ2) is 8.15. The maximum Gasteiger partial charge on any atom is 0.416 e. The molecule has 1 aromatic rings. The van der Waals surface area contributed by atoms with Gasteiger partial charge in [0.1, 0.15) is 0 Å². The zero-order valence-electron chi connectivity index (χ0n) is 15.0. The molecule has 146 valence electrons. The zero-order valence-corrected chi connectivity index (χ0v) is 15.0. The highest BCUT2D eigenvalue weighted by molar-refractivity contribution is 5.79. The van der Waals surface area contributed by atoms with Gasteiger partial charge in [0.15, 0.2) is 0 Å². The molecule has 1 aliphatic carbocycles. The molecule has 1 saturated heterocycles. The fourth-order valence-corrected chi connectivity index (χ4v) is 3.64. The van der Waals surface area contributed by atoms with Crippen LogP contribution in [0.4, 0.5) is 13.2 Å². The van der Waals surface area contributed by atoms with Crippen LogP contribution in [0.15, 0.2) is 36.4 Å². The molecule has 1 heterocycles. The van der Waals surface area contributed by atoms with Crippen LogP contribution in [0.5, 0.6) is 0 Å². The summed E-state index contributed by atoms with van der Waals surface area (Å²) in [6.45, 7) is 0.752. The number of likely N-dealkylation sites (tertiary alicyclic amines) is 1. The predicted octanol–water partition coefficient (Wildman–Crippen LogP) is 3.84. The molecule has 1 aliphatic heterocycles. The molecule has 1 aromatic carbocycles. The number of allylic oxidation sites excluding steroid dienone is 2. The highest BCUT2D eigenvalue weighted by Gasteiger charge is 2.32. The Kier molecular flexibility index (Phi) is 5.87. The number of rotatable bonds is 6. The third kappa shape index (κ3) is 5.11. The van der Waals surface area contributed by atoms with Crippen molar-refractivity contribution in [3.8, 4) is 0 Å². The number of carbonyl (C=O) groups is 2. The fourth-order valence-electron chi connectivity index (χ4n) is 3.64. The molecule has 2 amide bonds. The van der Waals surface area contributed by atoms with Gasteiger partial charge in [-0.15, -0.1) is 0 Å². The minimum atomic E-state index is -4.46. The topological polar surface area (TPSA) is 49.4 Å². The van der Waals surface area contributed by atoms with E-state index in [1.165, 1.54) is 6.07 Å². The number of hydrogen-bond donors (Lipinski definition) is 1. The predicted molar refractivity (Wildman–Crippen MR) is 94.6 cm³/mol. The maximum atomic E-state index is 13.1. The third-order valence-electron chi connectivity index (χ3n) is 5.09. The minimum Gasteiger partial charge on any atom is -0.347 e. The fraction of sp³-hybridized carbons (Fsp3) is 0.500. The van der Waals surface area contributed by atoms with E-state index in [-0.39, 0.29) is 24.3 Å². The number of hydrogen-bond acceptors (Lipinski definition) is 2. The SMILES string of the molecule is O=C(C[C@H]1C=CCC1)N[C@H](CN1CCCC1=O)c1cccc(C(F)(F)F)c1. The van der Waals surface area contributed by atoms with E-state index in [0.717, 1.165) is 31.4 Å². The number of amides is 2. The minimum absolute atomic E-state index is 0.0278. The molecule has 4 nitrogen and oxygen atoms in total. The van der Waals surface area contributed by atoms with Crippen LogP contribution in [0.1, 0.15) is 49.3 Å². The monoisotopic (exact) mass is 380 g/mol. The molecule has 2 aliphatic rings. The first-order valence-corrected chi connectivity index (χ1v) is 9.24. The van der Waals surface area contributed by atoms with Crippen LogP contribution in [0.3, 0.4) is 0 Å². The van der Waals surface area contributed by atoms with Crippen molar-refractivity contribution in [3.05, 3.63) is 47.5 Å². The molecular formula is C20H23F3N2O2. The van der Waals surface area contributed by atoms with Gasteiger partial charge in [0.25, 0.3) is 0 Å². The van der Waals surface area contributed by atoms with E-state index in [1.54, 1.807) is 11.0 Å². The summed E-state index contributed by atoms with van der Waals surface area (Å²) in [6, 6.07) is 4.31. The number of nitrogens with zero attached hydrogens (tertiary/aromatic N) is 1. The number of halogens is 3. The molecule has 7 heteroatoms. The molecular weight excluding hydrogens is 357 g/mol. The van der Waals surface area contributed by atoms with Crippen molar-refractivity contribution in [2.24, 2.45) is 5.92 Å². The van der Waals surface area contributed by atoms with Gasteiger partial charge in [0.05, 0.1) is 11.6 Å². The Morgan fingerprint density at radius 2 is 2.15 bits per heavy atom. The quantitative estimate of drug-likeness (QED) is 0.763. The molecule has 3 rings (SSSR count). The van der Waals surface area contributed by atoms with E-state index in [0.29, 0.717) is 24.9 Å². The van der Waals surface area contributed by atoms with E-state index in [4.69, 9.17) is 0 Å². The van der Waals surface area contributed by atoms with Crippen molar-refractivity contribution in [1.29, 1.82) is 0 Å². The standard InChI is InChI=1S/C20H23F3N2O2/c21-20(22,23)16-8-3-7-15(12-16)17(13-25-10-4-9-19(25)27)24-18(26)11-14-5-1-2-6-14/h1,3,5,7-8,12,14,17H,2,4,6,9-11,13H2,(H,24,26)/t14-,17+/m0/s1. The number of alkyl halides is 3. The lowest BCUT2D eigenvalue weighted by molar-refractivity contribution is -0.137. The molecule has 0 saturated carbocycles. The Hall–Kier alpha value is -2.31. The van der Waals surface area contributed by atoms with Crippen LogP contribution < -0.4 is 5.32 Å². The Bertz CT molecular complexity index is 730. The Morgan fingerprint density at radius 1 is 1.33 bits per heavy atom. The normalized spacial score (nSPS) is 20.9. The largest absolute Gasteiger partial charge is 0.416 e. The summed E-state index contributed by atoms with van der Waals surface area (Å²) >= 11 is 0. The summed E-state index contributed by atoms with van der Waals surface area (Å²) in [7, 11) is 0. The summed E-state index contributed by atoms with van der Waals surface area (Å²) in [5.74, 6) is -0.0684. The van der Waals surface area contributed by atoms with Gasteiger partial charge in [0.2, 0.25) is 11.8 Å². The Morgan fingerprint density at radius 3 is 2.78 bits per heavy atom. The van der Waals surface area contributed by atoms with Gasteiger partial charge in [-0.3, -0.25) is 9.59 Å². The van der Waals surface area contributed by atoms with Crippen LogP contribution >= 0.6 is 0 Å². The average Bonchev–Trinajstić information content (AvgIpc) is 3.26. The van der Waals surface area contributed by atoms with Gasteiger partial charge in [0, 0.05) is 25.9 Å². The van der Waals surface area contributed by atoms with E-state index >= 15 is 0 Å². The molecule has 27 heavy (non-hydrogen) atoms. The van der Waals surface area contributed by atoms with Crippen molar-refractivity contribution in [3.63, 3.8) is 0 Å².